The number of rotatable bonds is 10. The number of carbonyl (C=O) groups is 1. The van der Waals surface area contributed by atoms with Crippen molar-refractivity contribution in [2.45, 2.75) is 51.9 Å². The molecule has 0 saturated carbocycles. The molecule has 6 nitrogen and oxygen atoms in total. The minimum absolute atomic E-state index is 0.0982. The fraction of sp³-hybridized carbons (Fsp3) is 0.517. The van der Waals surface area contributed by atoms with Crippen LogP contribution in [0.2, 0.25) is 0 Å². The van der Waals surface area contributed by atoms with Gasteiger partial charge in [-0.2, -0.15) is 0 Å². The zero-order valence-corrected chi connectivity index (χ0v) is 22.0. The minimum atomic E-state index is -0.933. The number of hydrogen-bond donors (Lipinski definition) is 2. The maximum absolute atomic E-state index is 13.7. The average Bonchev–Trinajstić information content (AvgIpc) is 3.25. The van der Waals surface area contributed by atoms with Crippen LogP contribution in [0.3, 0.4) is 0 Å². The molecule has 196 valence electrons. The summed E-state index contributed by atoms with van der Waals surface area (Å²) in [5.74, 6) is 1.86. The van der Waals surface area contributed by atoms with Crippen LogP contribution in [0.5, 0.6) is 0 Å². The number of fused-ring (bicyclic) bond motifs is 2. The molecule has 0 spiro atoms. The normalized spacial score (nSPS) is 17.2. The van der Waals surface area contributed by atoms with Crippen LogP contribution in [0, 0.1) is 17.7 Å². The molecule has 36 heavy (non-hydrogen) atoms. The van der Waals surface area contributed by atoms with Gasteiger partial charge in [-0.3, -0.25) is 0 Å². The molecule has 7 heteroatoms. The number of nitrogens with zero attached hydrogens (tertiary/aromatic N) is 2. The second-order valence-corrected chi connectivity index (χ2v) is 10.1. The molecule has 2 N–H and O–H groups in total. The van der Waals surface area contributed by atoms with Gasteiger partial charge in [0, 0.05) is 13.5 Å². The van der Waals surface area contributed by atoms with Crippen molar-refractivity contribution in [1.29, 1.82) is 0 Å². The molecule has 4 rings (SSSR count). The smallest absolute Gasteiger partial charge is 0.329 e. The number of halogens is 1. The predicted molar refractivity (Wildman–Crippen MR) is 142 cm³/mol. The van der Waals surface area contributed by atoms with E-state index in [-0.39, 0.29) is 12.4 Å². The van der Waals surface area contributed by atoms with E-state index in [2.05, 4.69) is 52.6 Å². The van der Waals surface area contributed by atoms with Crippen LogP contribution in [0.25, 0.3) is 11.0 Å². The van der Waals surface area contributed by atoms with Crippen molar-refractivity contribution in [3.8, 4) is 0 Å². The third kappa shape index (κ3) is 7.87. The van der Waals surface area contributed by atoms with E-state index in [9.17, 15) is 9.18 Å². The molecule has 2 atom stereocenters. The van der Waals surface area contributed by atoms with E-state index in [1.807, 2.05) is 18.2 Å². The first-order valence-corrected chi connectivity index (χ1v) is 12.9. The number of aliphatic carboxylic acids is 1. The Labute approximate surface area is 213 Å². The first-order valence-electron chi connectivity index (χ1n) is 12.9. The Balaban J connectivity index is 0.000000538. The first kappa shape index (κ1) is 27.8. The van der Waals surface area contributed by atoms with Gasteiger partial charge >= 0.3 is 5.97 Å². The summed E-state index contributed by atoms with van der Waals surface area (Å²) in [6.45, 7) is 6.61. The molecule has 0 bridgehead atoms. The molecule has 0 fully saturated rings. The zero-order chi connectivity index (χ0) is 26.1. The quantitative estimate of drug-likeness (QED) is 0.377. The van der Waals surface area contributed by atoms with Crippen molar-refractivity contribution in [1.82, 2.24) is 14.9 Å². The van der Waals surface area contributed by atoms with E-state index in [1.54, 1.807) is 12.1 Å². The summed E-state index contributed by atoms with van der Waals surface area (Å²) in [5, 5.41) is 7.79. The molecule has 0 radical (unpaired) electrons. The summed E-state index contributed by atoms with van der Waals surface area (Å²) >= 11 is 0. The number of methoxy groups -OCH3 is 1. The number of para-hydroxylation sites is 2. The Morgan fingerprint density at radius 1 is 1.25 bits per heavy atom. The lowest BCUT2D eigenvalue weighted by atomic mass is 9.69. The van der Waals surface area contributed by atoms with Gasteiger partial charge in [0.2, 0.25) is 0 Å². The summed E-state index contributed by atoms with van der Waals surface area (Å²) in [6.07, 6.45) is 5.48. The molecule has 0 saturated heterocycles. The van der Waals surface area contributed by atoms with Crippen LogP contribution >= 0.6 is 0 Å². The highest BCUT2D eigenvalue weighted by atomic mass is 19.1. The first-order chi connectivity index (χ1) is 17.3. The minimum Gasteiger partial charge on any atom is -0.480 e. The van der Waals surface area contributed by atoms with Crippen LogP contribution in [0.1, 0.15) is 56.0 Å². The van der Waals surface area contributed by atoms with Crippen LogP contribution in [-0.4, -0.2) is 59.8 Å². The third-order valence-corrected chi connectivity index (χ3v) is 7.02. The Morgan fingerprint density at radius 3 is 2.69 bits per heavy atom. The number of imidazole rings is 1. The van der Waals surface area contributed by atoms with E-state index in [0.29, 0.717) is 17.8 Å². The SMILES string of the molecule is CC(C)C1c2ccc(F)cc2CCC1CCN(C)CCCc1nc2ccccc2[nH]1.COCC(=O)O. The Morgan fingerprint density at radius 2 is 2.03 bits per heavy atom. The highest BCUT2D eigenvalue weighted by Gasteiger charge is 2.31. The Hall–Kier alpha value is -2.77. The molecule has 1 aliphatic carbocycles. The number of hydrogen-bond acceptors (Lipinski definition) is 4. The molecule has 2 aromatic carbocycles. The van der Waals surface area contributed by atoms with Gasteiger partial charge in [-0.15, -0.1) is 0 Å². The van der Waals surface area contributed by atoms with Gasteiger partial charge in [0.1, 0.15) is 18.2 Å². The summed E-state index contributed by atoms with van der Waals surface area (Å²) in [5.41, 5.74) is 4.79. The highest BCUT2D eigenvalue weighted by molar-refractivity contribution is 5.74. The van der Waals surface area contributed by atoms with Gasteiger partial charge in [-0.25, -0.2) is 14.2 Å². The fourth-order valence-electron chi connectivity index (χ4n) is 5.38. The molecule has 3 aromatic rings. The molecular formula is C29H40FN3O3. The van der Waals surface area contributed by atoms with Crippen molar-refractivity contribution in [3.63, 3.8) is 0 Å². The maximum Gasteiger partial charge on any atom is 0.329 e. The second-order valence-electron chi connectivity index (χ2n) is 10.1. The van der Waals surface area contributed by atoms with Gasteiger partial charge in [-0.1, -0.05) is 32.0 Å². The monoisotopic (exact) mass is 497 g/mol. The standard InChI is InChI=1S/C26H34FN3.C3H6O3/c1-18(2)26-19(10-11-20-17-21(27)12-13-22(20)26)14-16-30(3)15-6-9-25-28-23-7-4-5-8-24(23)29-25;1-6-2-3(4)5/h4-5,7-8,12-13,17-19,26H,6,9-11,14-16H2,1-3H3,(H,28,29);2H2,1H3,(H,4,5). The largest absolute Gasteiger partial charge is 0.480 e. The Kier molecular flexibility index (Phi) is 10.4. The number of carboxylic acid groups (broad SMARTS) is 1. The summed E-state index contributed by atoms with van der Waals surface area (Å²) in [7, 11) is 3.57. The van der Waals surface area contributed by atoms with Crippen LogP contribution < -0.4 is 0 Å². The van der Waals surface area contributed by atoms with E-state index in [4.69, 9.17) is 5.11 Å². The topological polar surface area (TPSA) is 78.5 Å². The molecule has 1 heterocycles. The summed E-state index contributed by atoms with van der Waals surface area (Å²) < 4.78 is 17.9. The van der Waals surface area contributed by atoms with Crippen LogP contribution in [0.15, 0.2) is 42.5 Å². The van der Waals surface area contributed by atoms with Crippen molar-refractivity contribution < 1.29 is 19.0 Å². The lowest BCUT2D eigenvalue weighted by Crippen LogP contribution is -2.29. The van der Waals surface area contributed by atoms with E-state index >= 15 is 0 Å². The van der Waals surface area contributed by atoms with Crippen molar-refractivity contribution in [2.75, 3.05) is 33.9 Å². The third-order valence-electron chi connectivity index (χ3n) is 7.02. The lowest BCUT2D eigenvalue weighted by molar-refractivity contribution is -0.141. The van der Waals surface area contributed by atoms with E-state index in [0.717, 1.165) is 49.2 Å². The number of H-pyrrole nitrogens is 1. The summed E-state index contributed by atoms with van der Waals surface area (Å²) in [6, 6.07) is 13.7. The number of ether oxygens (including phenoxy) is 1. The number of aromatic nitrogens is 2. The van der Waals surface area contributed by atoms with Gasteiger partial charge in [-0.05, 0) is 99.0 Å². The number of aryl methyl sites for hydroxylation is 2. The van der Waals surface area contributed by atoms with Crippen molar-refractivity contribution in [3.05, 3.63) is 65.2 Å². The molecule has 0 amide bonds. The lowest BCUT2D eigenvalue weighted by Gasteiger charge is -2.37. The number of carboxylic acids is 1. The highest BCUT2D eigenvalue weighted by Crippen LogP contribution is 2.42. The Bertz CT molecular complexity index is 1080. The maximum atomic E-state index is 13.7. The number of benzene rings is 2. The second kappa shape index (κ2) is 13.5. The van der Waals surface area contributed by atoms with Crippen LogP contribution in [-0.2, 0) is 22.4 Å². The van der Waals surface area contributed by atoms with E-state index < -0.39 is 5.97 Å². The average molecular weight is 498 g/mol. The number of aromatic amines is 1. The molecule has 1 aromatic heterocycles. The zero-order valence-electron chi connectivity index (χ0n) is 22.0. The molecular weight excluding hydrogens is 457 g/mol. The van der Waals surface area contributed by atoms with Gasteiger partial charge < -0.3 is 19.7 Å². The van der Waals surface area contributed by atoms with Gasteiger partial charge in [0.15, 0.2) is 0 Å². The molecule has 1 aliphatic rings. The predicted octanol–water partition coefficient (Wildman–Crippen LogP) is 5.68. The molecule has 2 unspecified atom stereocenters. The summed E-state index contributed by atoms with van der Waals surface area (Å²) in [4.78, 5) is 20.0. The van der Waals surface area contributed by atoms with Crippen LogP contribution in [0.4, 0.5) is 4.39 Å². The van der Waals surface area contributed by atoms with Crippen molar-refractivity contribution in [2.24, 2.45) is 11.8 Å². The number of nitrogens with one attached hydrogen (secondary N) is 1. The van der Waals surface area contributed by atoms with Gasteiger partial charge in [0.05, 0.1) is 11.0 Å². The van der Waals surface area contributed by atoms with Gasteiger partial charge in [0.25, 0.3) is 0 Å². The molecule has 0 aliphatic heterocycles. The fourth-order valence-corrected chi connectivity index (χ4v) is 5.38. The van der Waals surface area contributed by atoms with Crippen molar-refractivity contribution >= 4 is 17.0 Å². The van der Waals surface area contributed by atoms with E-state index in [1.165, 1.54) is 31.1 Å².